The van der Waals surface area contributed by atoms with E-state index < -0.39 is 12.1 Å². The van der Waals surface area contributed by atoms with Crippen molar-refractivity contribution in [2.24, 2.45) is 0 Å². The molecule has 69 heavy (non-hydrogen) atoms. The first kappa shape index (κ1) is 67.1. The molecule has 6 heteroatoms. The summed E-state index contributed by atoms with van der Waals surface area (Å²) in [5.74, 6) is -0.0718. The van der Waals surface area contributed by atoms with Gasteiger partial charge >= 0.3 is 5.97 Å². The predicted molar refractivity (Wildman–Crippen MR) is 301 cm³/mol. The van der Waals surface area contributed by atoms with E-state index in [2.05, 4.69) is 55.6 Å². The number of carbonyl (C=O) groups excluding carboxylic acids is 2. The summed E-state index contributed by atoms with van der Waals surface area (Å²) in [7, 11) is 0. The predicted octanol–water partition coefficient (Wildman–Crippen LogP) is 19.2. The number of aliphatic hydroxyl groups is 2. The summed E-state index contributed by atoms with van der Waals surface area (Å²) in [6.45, 7) is 4.90. The molecule has 2 unspecified atom stereocenters. The standard InChI is InChI=1S/C63H119NO5/c1-3-5-7-9-11-13-15-17-19-20-21-22-23-24-25-28-31-35-39-43-47-51-55-61(66)60(59-65)64-62(67)56-52-48-44-40-36-32-29-26-30-34-38-42-46-50-54-58-69-63(68)57-53-49-45-41-37-33-27-18-16-14-12-10-8-6-4-2/h12,14,18,27,30,34,60-61,65-66H,3-11,13,15-17,19-26,28-29,31-33,35-59H2,1-2H3,(H,64,67)/b14-12-,27-18-,34-30-. The fourth-order valence-corrected chi connectivity index (χ4v) is 9.43. The highest BCUT2D eigenvalue weighted by Gasteiger charge is 2.20. The van der Waals surface area contributed by atoms with Gasteiger partial charge < -0.3 is 20.3 Å². The number of aliphatic hydroxyl groups excluding tert-OH is 2. The van der Waals surface area contributed by atoms with Crippen LogP contribution in [0.1, 0.15) is 328 Å². The van der Waals surface area contributed by atoms with Crippen LogP contribution in [0.2, 0.25) is 0 Å². The van der Waals surface area contributed by atoms with Crippen molar-refractivity contribution in [2.75, 3.05) is 13.2 Å². The molecule has 2 atom stereocenters. The van der Waals surface area contributed by atoms with Gasteiger partial charge in [0.25, 0.3) is 0 Å². The summed E-state index contributed by atoms with van der Waals surface area (Å²) in [6.07, 6.45) is 72.8. The summed E-state index contributed by atoms with van der Waals surface area (Å²) in [6, 6.07) is -0.555. The van der Waals surface area contributed by atoms with Crippen molar-refractivity contribution in [3.8, 4) is 0 Å². The molecule has 0 aromatic carbocycles. The van der Waals surface area contributed by atoms with Crippen molar-refractivity contribution in [1.82, 2.24) is 5.32 Å². The topological polar surface area (TPSA) is 95.9 Å². The second-order valence-corrected chi connectivity index (χ2v) is 21.0. The van der Waals surface area contributed by atoms with E-state index in [0.29, 0.717) is 25.9 Å². The lowest BCUT2D eigenvalue weighted by Gasteiger charge is -2.22. The molecular weight excluding hydrogens is 851 g/mol. The van der Waals surface area contributed by atoms with Crippen LogP contribution in [-0.2, 0) is 14.3 Å². The summed E-state index contributed by atoms with van der Waals surface area (Å²) >= 11 is 0. The number of allylic oxidation sites excluding steroid dienone is 6. The molecule has 0 radical (unpaired) electrons. The van der Waals surface area contributed by atoms with E-state index in [4.69, 9.17) is 4.74 Å². The Morgan fingerprint density at radius 1 is 0.406 bits per heavy atom. The zero-order valence-electron chi connectivity index (χ0n) is 46.3. The van der Waals surface area contributed by atoms with Crippen LogP contribution in [-0.4, -0.2) is 47.4 Å². The van der Waals surface area contributed by atoms with Crippen LogP contribution < -0.4 is 5.32 Å². The van der Waals surface area contributed by atoms with Gasteiger partial charge in [-0.25, -0.2) is 0 Å². The Balaban J connectivity index is 3.48. The normalized spacial score (nSPS) is 12.8. The molecule has 0 bridgehead atoms. The van der Waals surface area contributed by atoms with Crippen LogP contribution in [0.3, 0.4) is 0 Å². The molecule has 0 aromatic heterocycles. The Bertz CT molecular complexity index is 1120. The number of hydrogen-bond acceptors (Lipinski definition) is 5. The first-order valence-electron chi connectivity index (χ1n) is 30.7. The van der Waals surface area contributed by atoms with Crippen LogP contribution in [0.15, 0.2) is 36.5 Å². The fourth-order valence-electron chi connectivity index (χ4n) is 9.43. The van der Waals surface area contributed by atoms with Crippen molar-refractivity contribution in [1.29, 1.82) is 0 Å². The lowest BCUT2D eigenvalue weighted by Crippen LogP contribution is -2.45. The van der Waals surface area contributed by atoms with Crippen LogP contribution in [0.25, 0.3) is 0 Å². The van der Waals surface area contributed by atoms with E-state index in [1.165, 1.54) is 212 Å². The minimum absolute atomic E-state index is 0.0236. The van der Waals surface area contributed by atoms with E-state index in [1.807, 2.05) is 0 Å². The van der Waals surface area contributed by atoms with Gasteiger partial charge in [0.15, 0.2) is 0 Å². The molecule has 1 amide bonds. The SMILES string of the molecule is CCCCC/C=C\C/C=C\CCCCCCCC(=O)OCCCCCC/C=C\CCCCCCCCCC(=O)NC(CO)C(O)CCCCCCCCCCCCCCCCCCCCCCCC. The summed E-state index contributed by atoms with van der Waals surface area (Å²) in [5.41, 5.74) is 0. The average Bonchev–Trinajstić information content (AvgIpc) is 3.35. The van der Waals surface area contributed by atoms with Gasteiger partial charge in [0, 0.05) is 12.8 Å². The van der Waals surface area contributed by atoms with E-state index >= 15 is 0 Å². The summed E-state index contributed by atoms with van der Waals surface area (Å²) < 4.78 is 5.46. The average molecular weight is 971 g/mol. The third-order valence-electron chi connectivity index (χ3n) is 14.2. The number of nitrogens with one attached hydrogen (secondary N) is 1. The van der Waals surface area contributed by atoms with Gasteiger partial charge in [0.2, 0.25) is 5.91 Å². The van der Waals surface area contributed by atoms with Crippen molar-refractivity contribution in [3.05, 3.63) is 36.5 Å². The number of unbranched alkanes of at least 4 members (excludes halogenated alkanes) is 40. The minimum Gasteiger partial charge on any atom is -0.466 e. The second-order valence-electron chi connectivity index (χ2n) is 21.0. The summed E-state index contributed by atoms with van der Waals surface area (Å²) in [5, 5.41) is 23.4. The van der Waals surface area contributed by atoms with Gasteiger partial charge in [-0.3, -0.25) is 9.59 Å². The van der Waals surface area contributed by atoms with E-state index in [-0.39, 0.29) is 18.5 Å². The molecule has 406 valence electrons. The van der Waals surface area contributed by atoms with Crippen LogP contribution >= 0.6 is 0 Å². The van der Waals surface area contributed by atoms with Crippen molar-refractivity contribution >= 4 is 11.9 Å². The van der Waals surface area contributed by atoms with Crippen LogP contribution in [0.4, 0.5) is 0 Å². The molecule has 0 saturated carbocycles. The molecule has 0 spiro atoms. The molecule has 0 saturated heterocycles. The molecule has 0 aliphatic rings. The maximum Gasteiger partial charge on any atom is 0.305 e. The number of rotatable bonds is 57. The molecule has 0 heterocycles. The molecule has 0 aliphatic heterocycles. The van der Waals surface area contributed by atoms with Gasteiger partial charge in [-0.1, -0.05) is 269 Å². The van der Waals surface area contributed by atoms with E-state index in [0.717, 1.165) is 83.5 Å². The highest BCUT2D eigenvalue weighted by atomic mass is 16.5. The molecule has 0 aromatic rings. The van der Waals surface area contributed by atoms with Crippen molar-refractivity contribution in [3.63, 3.8) is 0 Å². The van der Waals surface area contributed by atoms with Crippen molar-refractivity contribution < 1.29 is 24.5 Å². The Hall–Kier alpha value is -1.92. The molecule has 3 N–H and O–H groups in total. The first-order chi connectivity index (χ1) is 34.0. The fraction of sp³-hybridized carbons (Fsp3) is 0.873. The second kappa shape index (κ2) is 58.6. The van der Waals surface area contributed by atoms with E-state index in [9.17, 15) is 19.8 Å². The molecule has 0 fully saturated rings. The quantitative estimate of drug-likeness (QED) is 0.0321. The van der Waals surface area contributed by atoms with Crippen LogP contribution in [0, 0.1) is 0 Å². The summed E-state index contributed by atoms with van der Waals surface area (Å²) in [4.78, 5) is 24.6. The maximum absolute atomic E-state index is 12.5. The highest BCUT2D eigenvalue weighted by Crippen LogP contribution is 2.17. The molecular formula is C63H119NO5. The van der Waals surface area contributed by atoms with Gasteiger partial charge in [-0.2, -0.15) is 0 Å². The Labute approximate surface area is 430 Å². The van der Waals surface area contributed by atoms with Gasteiger partial charge in [0.1, 0.15) is 0 Å². The lowest BCUT2D eigenvalue weighted by molar-refractivity contribution is -0.143. The lowest BCUT2D eigenvalue weighted by atomic mass is 10.0. The largest absolute Gasteiger partial charge is 0.466 e. The zero-order chi connectivity index (χ0) is 50.0. The van der Waals surface area contributed by atoms with E-state index in [1.54, 1.807) is 0 Å². The molecule has 6 nitrogen and oxygen atoms in total. The number of ether oxygens (including phenoxy) is 1. The molecule has 0 rings (SSSR count). The van der Waals surface area contributed by atoms with Gasteiger partial charge in [-0.05, 0) is 83.5 Å². The third kappa shape index (κ3) is 55.2. The molecule has 0 aliphatic carbocycles. The number of esters is 1. The Kier molecular flexibility index (Phi) is 57.0. The maximum atomic E-state index is 12.5. The van der Waals surface area contributed by atoms with Crippen LogP contribution in [0.5, 0.6) is 0 Å². The Morgan fingerprint density at radius 3 is 1.14 bits per heavy atom. The third-order valence-corrected chi connectivity index (χ3v) is 14.2. The monoisotopic (exact) mass is 970 g/mol. The highest BCUT2D eigenvalue weighted by molar-refractivity contribution is 5.76. The Morgan fingerprint density at radius 2 is 0.725 bits per heavy atom. The van der Waals surface area contributed by atoms with Gasteiger partial charge in [-0.15, -0.1) is 0 Å². The number of carbonyl (C=O) groups is 2. The number of hydrogen-bond donors (Lipinski definition) is 3. The zero-order valence-corrected chi connectivity index (χ0v) is 46.3. The number of amides is 1. The van der Waals surface area contributed by atoms with Crippen molar-refractivity contribution in [2.45, 2.75) is 341 Å². The minimum atomic E-state index is -0.676. The van der Waals surface area contributed by atoms with Gasteiger partial charge in [0.05, 0.1) is 25.4 Å². The smallest absolute Gasteiger partial charge is 0.305 e. The first-order valence-corrected chi connectivity index (χ1v) is 30.7.